The summed E-state index contributed by atoms with van der Waals surface area (Å²) in [6, 6.07) is 2.19. The molecule has 1 aromatic heterocycles. The monoisotopic (exact) mass is 262 g/mol. The van der Waals surface area contributed by atoms with Crippen molar-refractivity contribution in [3.8, 4) is 16.3 Å². The van der Waals surface area contributed by atoms with Crippen LogP contribution >= 0.6 is 11.3 Å². The number of rotatable bonds is 3. The van der Waals surface area contributed by atoms with E-state index in [2.05, 4.69) is 37.1 Å². The van der Waals surface area contributed by atoms with Crippen molar-refractivity contribution in [2.24, 2.45) is 0 Å². The number of benzene rings is 1. The quantitative estimate of drug-likeness (QED) is 0.914. The molecule has 0 aliphatic heterocycles. The average molecular weight is 262 g/mol. The van der Waals surface area contributed by atoms with E-state index in [0.29, 0.717) is 0 Å². The number of methoxy groups -OCH3 is 1. The summed E-state index contributed by atoms with van der Waals surface area (Å²) in [6.45, 7) is 6.30. The van der Waals surface area contributed by atoms with Crippen LogP contribution in [-0.2, 0) is 0 Å². The average Bonchev–Trinajstić information content (AvgIpc) is 2.81. The van der Waals surface area contributed by atoms with Crippen LogP contribution in [-0.4, -0.2) is 19.1 Å². The zero-order valence-corrected chi connectivity index (χ0v) is 12.2. The molecule has 1 heterocycles. The molecule has 0 radical (unpaired) electrons. The van der Waals surface area contributed by atoms with Crippen LogP contribution in [0.15, 0.2) is 11.4 Å². The molecule has 0 aliphatic carbocycles. The first kappa shape index (κ1) is 12.9. The Morgan fingerprint density at radius 3 is 2.50 bits per heavy atom. The molecule has 0 unspecified atom stereocenters. The topological polar surface area (TPSA) is 34.1 Å². The molecule has 0 amide bonds. The van der Waals surface area contributed by atoms with Crippen LogP contribution in [0, 0.1) is 20.8 Å². The predicted octanol–water partition coefficient (Wildman–Crippen LogP) is 3.79. The van der Waals surface area contributed by atoms with E-state index in [1.165, 1.54) is 16.7 Å². The minimum absolute atomic E-state index is 0.898. The molecule has 0 aliphatic rings. The summed E-state index contributed by atoms with van der Waals surface area (Å²) in [7, 11) is 3.60. The third-order valence-corrected chi connectivity index (χ3v) is 4.02. The van der Waals surface area contributed by atoms with Gasteiger partial charge in [0.05, 0.1) is 12.7 Å². The molecule has 3 nitrogen and oxygen atoms in total. The normalized spacial score (nSPS) is 10.5. The predicted molar refractivity (Wildman–Crippen MR) is 77.9 cm³/mol. The lowest BCUT2D eigenvalue weighted by Gasteiger charge is -2.14. The molecule has 4 heteroatoms. The highest BCUT2D eigenvalue weighted by Crippen LogP contribution is 2.39. The molecule has 0 fully saturated rings. The second-order valence-electron chi connectivity index (χ2n) is 4.33. The number of thiazole rings is 1. The van der Waals surface area contributed by atoms with Gasteiger partial charge in [-0.25, -0.2) is 4.98 Å². The molecule has 1 N–H and O–H groups in total. The van der Waals surface area contributed by atoms with Gasteiger partial charge in [-0.05, 0) is 37.5 Å². The van der Waals surface area contributed by atoms with Gasteiger partial charge >= 0.3 is 0 Å². The minimum atomic E-state index is 0.898. The van der Waals surface area contributed by atoms with E-state index in [0.717, 1.165) is 22.1 Å². The third-order valence-electron chi connectivity index (χ3n) is 3.16. The number of ether oxygens (including phenoxy) is 1. The largest absolute Gasteiger partial charge is 0.496 e. The summed E-state index contributed by atoms with van der Waals surface area (Å²) in [5.74, 6) is 1.83. The van der Waals surface area contributed by atoms with Crippen molar-refractivity contribution in [1.29, 1.82) is 0 Å². The number of hydrogen-bond donors (Lipinski definition) is 1. The van der Waals surface area contributed by atoms with Crippen molar-refractivity contribution >= 4 is 17.2 Å². The summed E-state index contributed by atoms with van der Waals surface area (Å²) in [5, 5.41) is 6.07. The van der Waals surface area contributed by atoms with Gasteiger partial charge in [-0.3, -0.25) is 0 Å². The molecule has 18 heavy (non-hydrogen) atoms. The Morgan fingerprint density at radius 2 is 1.94 bits per heavy atom. The number of aromatic nitrogens is 1. The van der Waals surface area contributed by atoms with Gasteiger partial charge in [0.2, 0.25) is 0 Å². The number of anilines is 1. The van der Waals surface area contributed by atoms with Crippen LogP contribution in [0.3, 0.4) is 0 Å². The van der Waals surface area contributed by atoms with Crippen LogP contribution in [0.4, 0.5) is 5.82 Å². The SMILES string of the molecule is CNc1csc(-c2c(C)cc(C)c(C)c2OC)n1. The van der Waals surface area contributed by atoms with Gasteiger partial charge in [-0.1, -0.05) is 6.07 Å². The molecule has 96 valence electrons. The zero-order chi connectivity index (χ0) is 13.3. The summed E-state index contributed by atoms with van der Waals surface area (Å²) in [5.41, 5.74) is 4.73. The van der Waals surface area contributed by atoms with Gasteiger partial charge < -0.3 is 10.1 Å². The third kappa shape index (κ3) is 2.08. The molecule has 0 atom stereocenters. The number of aryl methyl sites for hydroxylation is 2. The Bertz CT molecular complexity index is 575. The van der Waals surface area contributed by atoms with Crippen LogP contribution in [0.1, 0.15) is 16.7 Å². The van der Waals surface area contributed by atoms with Crippen molar-refractivity contribution in [3.63, 3.8) is 0 Å². The molecule has 0 saturated carbocycles. The Labute approximate surface area is 112 Å². The van der Waals surface area contributed by atoms with Gasteiger partial charge in [-0.15, -0.1) is 11.3 Å². The molecular weight excluding hydrogens is 244 g/mol. The van der Waals surface area contributed by atoms with E-state index in [9.17, 15) is 0 Å². The van der Waals surface area contributed by atoms with Crippen LogP contribution in [0.5, 0.6) is 5.75 Å². The van der Waals surface area contributed by atoms with Gasteiger partial charge in [0.1, 0.15) is 16.6 Å². The standard InChI is InChI=1S/C14H18N2OS/c1-8-6-9(2)12(13(17-5)10(8)3)14-16-11(15-4)7-18-14/h6-7,15H,1-5H3. The zero-order valence-electron chi connectivity index (χ0n) is 11.4. The van der Waals surface area contributed by atoms with Crippen molar-refractivity contribution in [3.05, 3.63) is 28.1 Å². The lowest BCUT2D eigenvalue weighted by molar-refractivity contribution is 0.412. The van der Waals surface area contributed by atoms with E-state index in [1.807, 2.05) is 12.4 Å². The first-order valence-electron chi connectivity index (χ1n) is 5.87. The van der Waals surface area contributed by atoms with Crippen molar-refractivity contribution < 1.29 is 4.74 Å². The van der Waals surface area contributed by atoms with Crippen molar-refractivity contribution in [1.82, 2.24) is 4.98 Å². The molecule has 0 spiro atoms. The number of nitrogens with one attached hydrogen (secondary N) is 1. The van der Waals surface area contributed by atoms with Crippen molar-refractivity contribution in [2.45, 2.75) is 20.8 Å². The number of hydrogen-bond acceptors (Lipinski definition) is 4. The first-order valence-corrected chi connectivity index (χ1v) is 6.75. The van der Waals surface area contributed by atoms with Gasteiger partial charge in [0.25, 0.3) is 0 Å². The highest BCUT2D eigenvalue weighted by atomic mass is 32.1. The Morgan fingerprint density at radius 1 is 1.22 bits per heavy atom. The molecule has 2 rings (SSSR count). The fourth-order valence-corrected chi connectivity index (χ4v) is 2.99. The maximum atomic E-state index is 5.58. The summed E-state index contributed by atoms with van der Waals surface area (Å²) < 4.78 is 5.58. The van der Waals surface area contributed by atoms with Gasteiger partial charge in [-0.2, -0.15) is 0 Å². The minimum Gasteiger partial charge on any atom is -0.496 e. The highest BCUT2D eigenvalue weighted by Gasteiger charge is 2.16. The fourth-order valence-electron chi connectivity index (χ4n) is 2.08. The highest BCUT2D eigenvalue weighted by molar-refractivity contribution is 7.13. The number of nitrogens with zero attached hydrogens (tertiary/aromatic N) is 1. The smallest absolute Gasteiger partial charge is 0.137 e. The fraction of sp³-hybridized carbons (Fsp3) is 0.357. The lowest BCUT2D eigenvalue weighted by Crippen LogP contribution is -1.97. The Hall–Kier alpha value is -1.55. The maximum Gasteiger partial charge on any atom is 0.137 e. The summed E-state index contributed by atoms with van der Waals surface area (Å²) >= 11 is 1.63. The van der Waals surface area contributed by atoms with E-state index in [-0.39, 0.29) is 0 Å². The summed E-state index contributed by atoms with van der Waals surface area (Å²) in [6.07, 6.45) is 0. The van der Waals surface area contributed by atoms with E-state index in [1.54, 1.807) is 18.4 Å². The van der Waals surface area contributed by atoms with Crippen LogP contribution in [0.25, 0.3) is 10.6 Å². The Balaban J connectivity index is 2.66. The van der Waals surface area contributed by atoms with E-state index >= 15 is 0 Å². The van der Waals surface area contributed by atoms with Crippen LogP contribution in [0.2, 0.25) is 0 Å². The molecule has 1 aromatic carbocycles. The molecular formula is C14H18N2OS. The van der Waals surface area contributed by atoms with E-state index < -0.39 is 0 Å². The summed E-state index contributed by atoms with van der Waals surface area (Å²) in [4.78, 5) is 4.57. The Kier molecular flexibility index (Phi) is 3.57. The van der Waals surface area contributed by atoms with Gasteiger partial charge in [0, 0.05) is 12.4 Å². The van der Waals surface area contributed by atoms with E-state index in [4.69, 9.17) is 4.74 Å². The lowest BCUT2D eigenvalue weighted by atomic mass is 9.99. The first-order chi connectivity index (χ1) is 8.58. The maximum absolute atomic E-state index is 5.58. The second-order valence-corrected chi connectivity index (χ2v) is 5.19. The van der Waals surface area contributed by atoms with Crippen molar-refractivity contribution in [2.75, 3.05) is 19.5 Å². The molecule has 0 saturated heterocycles. The van der Waals surface area contributed by atoms with Crippen LogP contribution < -0.4 is 10.1 Å². The molecule has 0 bridgehead atoms. The second kappa shape index (κ2) is 4.98. The van der Waals surface area contributed by atoms with Gasteiger partial charge in [0.15, 0.2) is 0 Å². The molecule has 2 aromatic rings.